The summed E-state index contributed by atoms with van der Waals surface area (Å²) in [5.41, 5.74) is 11.3. The van der Waals surface area contributed by atoms with E-state index < -0.39 is 0 Å². The summed E-state index contributed by atoms with van der Waals surface area (Å²) in [7, 11) is 2.09. The maximum absolute atomic E-state index is 5.71. The summed E-state index contributed by atoms with van der Waals surface area (Å²) in [6.45, 7) is 2.10. The van der Waals surface area contributed by atoms with Gasteiger partial charge in [0.15, 0.2) is 0 Å². The van der Waals surface area contributed by atoms with Crippen molar-refractivity contribution < 1.29 is 0 Å². The minimum atomic E-state index is 0.812. The summed E-state index contributed by atoms with van der Waals surface area (Å²) in [6, 6.07) is 14.5. The predicted molar refractivity (Wildman–Crippen MR) is 83.7 cm³/mol. The average molecular weight is 265 g/mol. The second kappa shape index (κ2) is 5.00. The van der Waals surface area contributed by atoms with Crippen molar-refractivity contribution in [2.24, 2.45) is 7.05 Å². The van der Waals surface area contributed by atoms with E-state index in [9.17, 15) is 0 Å². The van der Waals surface area contributed by atoms with Crippen molar-refractivity contribution in [1.82, 2.24) is 9.55 Å². The lowest BCUT2D eigenvalue weighted by molar-refractivity contribution is 0.787. The molecule has 0 bridgehead atoms. The van der Waals surface area contributed by atoms with Crippen molar-refractivity contribution in [3.8, 4) is 0 Å². The summed E-state index contributed by atoms with van der Waals surface area (Å²) >= 11 is 0. The minimum Gasteiger partial charge on any atom is -0.399 e. The fraction of sp³-hybridized carbons (Fsp3) is 0.235. The Morgan fingerprint density at radius 1 is 1.05 bits per heavy atom. The Morgan fingerprint density at radius 3 is 2.55 bits per heavy atom. The Labute approximate surface area is 119 Å². The third-order valence-electron chi connectivity index (χ3n) is 3.75. The molecule has 0 radical (unpaired) electrons. The SMILES string of the molecule is Cc1ccc2c(c1)nc(CCc1ccc(N)cc1)n2C. The molecular weight excluding hydrogens is 246 g/mol. The van der Waals surface area contributed by atoms with Crippen LogP contribution in [0.15, 0.2) is 42.5 Å². The molecule has 2 aromatic carbocycles. The normalized spacial score (nSPS) is 11.1. The second-order valence-electron chi connectivity index (χ2n) is 5.32. The van der Waals surface area contributed by atoms with Crippen LogP contribution in [-0.2, 0) is 19.9 Å². The molecule has 0 spiro atoms. The number of fused-ring (bicyclic) bond motifs is 1. The molecule has 0 atom stereocenters. The summed E-state index contributed by atoms with van der Waals surface area (Å²) in [6.07, 6.45) is 1.92. The van der Waals surface area contributed by atoms with E-state index in [2.05, 4.69) is 48.9 Å². The highest BCUT2D eigenvalue weighted by Crippen LogP contribution is 2.18. The molecule has 3 aromatic rings. The Bertz CT molecular complexity index is 739. The molecule has 2 N–H and O–H groups in total. The molecule has 0 fully saturated rings. The number of nitrogens with two attached hydrogens (primary N) is 1. The zero-order valence-corrected chi connectivity index (χ0v) is 11.9. The average Bonchev–Trinajstić information content (AvgIpc) is 2.74. The molecule has 3 nitrogen and oxygen atoms in total. The molecule has 3 rings (SSSR count). The van der Waals surface area contributed by atoms with Crippen LogP contribution in [0.3, 0.4) is 0 Å². The number of hydrogen-bond acceptors (Lipinski definition) is 2. The topological polar surface area (TPSA) is 43.8 Å². The first kappa shape index (κ1) is 12.7. The van der Waals surface area contributed by atoms with E-state index in [1.54, 1.807) is 0 Å². The first-order chi connectivity index (χ1) is 9.63. The van der Waals surface area contributed by atoms with Crippen molar-refractivity contribution in [1.29, 1.82) is 0 Å². The zero-order valence-electron chi connectivity index (χ0n) is 11.9. The van der Waals surface area contributed by atoms with Crippen molar-refractivity contribution in [2.75, 3.05) is 5.73 Å². The van der Waals surface area contributed by atoms with Crippen molar-refractivity contribution in [3.05, 3.63) is 59.4 Å². The molecule has 20 heavy (non-hydrogen) atoms. The maximum Gasteiger partial charge on any atom is 0.109 e. The number of imidazole rings is 1. The summed E-state index contributed by atoms with van der Waals surface area (Å²) in [5, 5.41) is 0. The molecule has 0 aliphatic carbocycles. The van der Waals surface area contributed by atoms with E-state index in [4.69, 9.17) is 10.7 Å². The minimum absolute atomic E-state index is 0.812. The molecule has 0 aliphatic heterocycles. The second-order valence-corrected chi connectivity index (χ2v) is 5.32. The van der Waals surface area contributed by atoms with Crippen LogP contribution < -0.4 is 5.73 Å². The number of anilines is 1. The third-order valence-corrected chi connectivity index (χ3v) is 3.75. The van der Waals surface area contributed by atoms with Crippen LogP contribution in [0, 0.1) is 6.92 Å². The lowest BCUT2D eigenvalue weighted by atomic mass is 10.1. The van der Waals surface area contributed by atoms with Gasteiger partial charge in [-0.3, -0.25) is 0 Å². The van der Waals surface area contributed by atoms with Crippen LogP contribution in [0.25, 0.3) is 11.0 Å². The lowest BCUT2D eigenvalue weighted by Gasteiger charge is -2.03. The van der Waals surface area contributed by atoms with Gasteiger partial charge >= 0.3 is 0 Å². The van der Waals surface area contributed by atoms with Crippen LogP contribution in [0.4, 0.5) is 5.69 Å². The molecule has 3 heteroatoms. The van der Waals surface area contributed by atoms with E-state index in [1.165, 1.54) is 16.6 Å². The van der Waals surface area contributed by atoms with E-state index >= 15 is 0 Å². The van der Waals surface area contributed by atoms with Gasteiger partial charge in [0.05, 0.1) is 11.0 Å². The Kier molecular flexibility index (Phi) is 3.18. The van der Waals surface area contributed by atoms with Gasteiger partial charge in [-0.1, -0.05) is 18.2 Å². The molecule has 0 amide bonds. The van der Waals surface area contributed by atoms with Gasteiger partial charge in [0.25, 0.3) is 0 Å². The number of nitrogen functional groups attached to an aromatic ring is 1. The molecule has 0 saturated carbocycles. The van der Waals surface area contributed by atoms with E-state index in [1.807, 2.05) is 12.1 Å². The molecule has 0 unspecified atom stereocenters. The monoisotopic (exact) mass is 265 g/mol. The standard InChI is InChI=1S/C17H19N3/c1-12-3-9-16-15(11-12)19-17(20(16)2)10-6-13-4-7-14(18)8-5-13/h3-5,7-9,11H,6,10,18H2,1-2H3. The molecule has 0 aliphatic rings. The van der Waals surface area contributed by atoms with Crippen LogP contribution >= 0.6 is 0 Å². The number of rotatable bonds is 3. The number of aromatic nitrogens is 2. The van der Waals surface area contributed by atoms with Crippen molar-refractivity contribution in [2.45, 2.75) is 19.8 Å². The van der Waals surface area contributed by atoms with Crippen LogP contribution in [0.1, 0.15) is 17.0 Å². The third kappa shape index (κ3) is 2.39. The lowest BCUT2D eigenvalue weighted by Crippen LogP contribution is -2.00. The van der Waals surface area contributed by atoms with Gasteiger partial charge in [0.1, 0.15) is 5.82 Å². The highest BCUT2D eigenvalue weighted by molar-refractivity contribution is 5.76. The zero-order chi connectivity index (χ0) is 14.1. The van der Waals surface area contributed by atoms with Gasteiger partial charge in [-0.25, -0.2) is 4.98 Å². The molecule has 0 saturated heterocycles. The Hall–Kier alpha value is -2.29. The van der Waals surface area contributed by atoms with Gasteiger partial charge in [-0.05, 0) is 48.7 Å². The number of nitrogens with zero attached hydrogens (tertiary/aromatic N) is 2. The Morgan fingerprint density at radius 2 is 1.80 bits per heavy atom. The summed E-state index contributed by atoms with van der Waals surface area (Å²) in [5.74, 6) is 1.13. The van der Waals surface area contributed by atoms with Crippen LogP contribution in [-0.4, -0.2) is 9.55 Å². The quantitative estimate of drug-likeness (QED) is 0.739. The van der Waals surface area contributed by atoms with Crippen molar-refractivity contribution >= 4 is 16.7 Å². The molecule has 1 aromatic heterocycles. The largest absolute Gasteiger partial charge is 0.399 e. The first-order valence-electron chi connectivity index (χ1n) is 6.90. The molecule has 1 heterocycles. The predicted octanol–water partition coefficient (Wildman–Crippen LogP) is 3.25. The Balaban J connectivity index is 1.84. The molecular formula is C17H19N3. The van der Waals surface area contributed by atoms with Gasteiger partial charge in [0.2, 0.25) is 0 Å². The fourth-order valence-corrected chi connectivity index (χ4v) is 2.52. The molecule has 102 valence electrons. The van der Waals surface area contributed by atoms with Gasteiger partial charge in [-0.2, -0.15) is 0 Å². The number of aryl methyl sites for hydroxylation is 4. The number of benzene rings is 2. The van der Waals surface area contributed by atoms with E-state index in [0.29, 0.717) is 0 Å². The van der Waals surface area contributed by atoms with Gasteiger partial charge < -0.3 is 10.3 Å². The summed E-state index contributed by atoms with van der Waals surface area (Å²) < 4.78 is 2.19. The maximum atomic E-state index is 5.71. The highest BCUT2D eigenvalue weighted by atomic mass is 15.1. The van der Waals surface area contributed by atoms with Crippen LogP contribution in [0.2, 0.25) is 0 Å². The number of hydrogen-bond donors (Lipinski definition) is 1. The fourth-order valence-electron chi connectivity index (χ4n) is 2.52. The van der Waals surface area contributed by atoms with E-state index in [0.717, 1.165) is 29.9 Å². The highest BCUT2D eigenvalue weighted by Gasteiger charge is 2.07. The van der Waals surface area contributed by atoms with E-state index in [-0.39, 0.29) is 0 Å². The first-order valence-corrected chi connectivity index (χ1v) is 6.90. The van der Waals surface area contributed by atoms with Gasteiger partial charge in [-0.15, -0.1) is 0 Å². The van der Waals surface area contributed by atoms with Crippen molar-refractivity contribution in [3.63, 3.8) is 0 Å². The smallest absolute Gasteiger partial charge is 0.109 e. The summed E-state index contributed by atoms with van der Waals surface area (Å²) in [4.78, 5) is 4.74. The van der Waals surface area contributed by atoms with Gasteiger partial charge in [0, 0.05) is 19.2 Å². The van der Waals surface area contributed by atoms with Crippen LogP contribution in [0.5, 0.6) is 0 Å².